The van der Waals surface area contributed by atoms with E-state index in [9.17, 15) is 4.39 Å². The molecular formula is C10H10FNO. The molecule has 0 aliphatic heterocycles. The number of nitrogens with zero attached hydrogens (tertiary/aromatic N) is 1. The van der Waals surface area contributed by atoms with Crippen LogP contribution >= 0.6 is 0 Å². The van der Waals surface area contributed by atoms with Gasteiger partial charge in [0.05, 0.1) is 7.11 Å². The van der Waals surface area contributed by atoms with E-state index in [-0.39, 0.29) is 5.56 Å². The minimum absolute atomic E-state index is 0.278. The normalized spacial score (nSPS) is 11.8. The first-order chi connectivity index (χ1) is 6.20. The van der Waals surface area contributed by atoms with Gasteiger partial charge >= 0.3 is 0 Å². The molecule has 0 aliphatic carbocycles. The van der Waals surface area contributed by atoms with Crippen molar-refractivity contribution in [3.8, 4) is 11.8 Å². The highest BCUT2D eigenvalue weighted by Crippen LogP contribution is 2.27. The molecule has 0 fully saturated rings. The summed E-state index contributed by atoms with van der Waals surface area (Å²) in [5.74, 6) is 0.421. The Kier molecular flexibility index (Phi) is 2.86. The summed E-state index contributed by atoms with van der Waals surface area (Å²) in [6, 6.07) is 6.84. The zero-order chi connectivity index (χ0) is 9.84. The van der Waals surface area contributed by atoms with Crippen molar-refractivity contribution in [3.63, 3.8) is 0 Å². The minimum atomic E-state index is -1.15. The third-order valence-electron chi connectivity index (χ3n) is 1.82. The molecule has 3 heteroatoms. The van der Waals surface area contributed by atoms with E-state index in [4.69, 9.17) is 10.00 Å². The summed E-state index contributed by atoms with van der Waals surface area (Å²) in [5, 5.41) is 8.78. The summed E-state index contributed by atoms with van der Waals surface area (Å²) < 4.78 is 17.9. The fourth-order valence-corrected chi connectivity index (χ4v) is 1.17. The second-order valence-electron chi connectivity index (χ2n) is 2.65. The van der Waals surface area contributed by atoms with Crippen LogP contribution in [-0.4, -0.2) is 7.11 Å². The van der Waals surface area contributed by atoms with Gasteiger partial charge in [0.2, 0.25) is 0 Å². The van der Waals surface area contributed by atoms with Gasteiger partial charge < -0.3 is 4.74 Å². The Bertz CT molecular complexity index is 341. The maximum atomic E-state index is 13.0. The van der Waals surface area contributed by atoms with Crippen LogP contribution in [0.25, 0.3) is 0 Å². The molecule has 1 unspecified atom stereocenters. The van der Waals surface area contributed by atoms with Gasteiger partial charge in [0.25, 0.3) is 0 Å². The van der Waals surface area contributed by atoms with Crippen molar-refractivity contribution >= 4 is 0 Å². The minimum Gasteiger partial charge on any atom is -0.495 e. The van der Waals surface area contributed by atoms with E-state index >= 15 is 0 Å². The van der Waals surface area contributed by atoms with Crippen LogP contribution in [0.3, 0.4) is 0 Å². The Morgan fingerprint density at radius 3 is 2.69 bits per heavy atom. The first kappa shape index (κ1) is 9.53. The molecule has 0 amide bonds. The van der Waals surface area contributed by atoms with Gasteiger partial charge in [0.15, 0.2) is 0 Å². The molecule has 2 nitrogen and oxygen atoms in total. The van der Waals surface area contributed by atoms with Crippen molar-refractivity contribution in [2.75, 3.05) is 7.11 Å². The number of alkyl halides is 1. The van der Waals surface area contributed by atoms with E-state index in [0.717, 1.165) is 0 Å². The molecule has 0 aliphatic rings. The molecule has 1 rings (SSSR count). The maximum absolute atomic E-state index is 13.0. The lowest BCUT2D eigenvalue weighted by Crippen LogP contribution is -1.95. The Morgan fingerprint density at radius 1 is 1.54 bits per heavy atom. The van der Waals surface area contributed by atoms with Gasteiger partial charge in [-0.1, -0.05) is 12.1 Å². The third-order valence-corrected chi connectivity index (χ3v) is 1.82. The second kappa shape index (κ2) is 3.90. The van der Waals surface area contributed by atoms with Crippen molar-refractivity contribution in [1.82, 2.24) is 0 Å². The molecule has 1 atom stereocenters. The Labute approximate surface area is 76.6 Å². The van der Waals surface area contributed by atoms with Crippen LogP contribution in [0.4, 0.5) is 4.39 Å². The molecule has 0 saturated heterocycles. The van der Waals surface area contributed by atoms with Gasteiger partial charge in [-0.25, -0.2) is 4.39 Å². The van der Waals surface area contributed by atoms with Gasteiger partial charge in [0.1, 0.15) is 23.6 Å². The quantitative estimate of drug-likeness (QED) is 0.699. The van der Waals surface area contributed by atoms with E-state index in [1.165, 1.54) is 14.0 Å². The number of hydrogen-bond acceptors (Lipinski definition) is 2. The Morgan fingerprint density at radius 2 is 2.23 bits per heavy atom. The van der Waals surface area contributed by atoms with Gasteiger partial charge in [-0.3, -0.25) is 0 Å². The molecule has 0 heterocycles. The van der Waals surface area contributed by atoms with Gasteiger partial charge in [-0.2, -0.15) is 5.26 Å². The number of methoxy groups -OCH3 is 1. The average molecular weight is 179 g/mol. The molecule has 0 spiro atoms. The van der Waals surface area contributed by atoms with E-state index < -0.39 is 6.17 Å². The smallest absolute Gasteiger partial charge is 0.137 e. The first-order valence-corrected chi connectivity index (χ1v) is 3.91. The summed E-state index contributed by atoms with van der Waals surface area (Å²) in [6.45, 7) is 1.40. The summed E-state index contributed by atoms with van der Waals surface area (Å²) >= 11 is 0. The molecule has 68 valence electrons. The lowest BCUT2D eigenvalue weighted by Gasteiger charge is -2.08. The van der Waals surface area contributed by atoms with Crippen molar-refractivity contribution in [2.45, 2.75) is 13.1 Å². The lowest BCUT2D eigenvalue weighted by molar-refractivity contribution is 0.368. The number of halogens is 1. The van der Waals surface area contributed by atoms with E-state index in [1.807, 2.05) is 6.07 Å². The number of benzene rings is 1. The summed E-state index contributed by atoms with van der Waals surface area (Å²) in [6.07, 6.45) is -1.15. The van der Waals surface area contributed by atoms with E-state index in [0.29, 0.717) is 11.3 Å². The van der Waals surface area contributed by atoms with Crippen molar-refractivity contribution in [2.24, 2.45) is 0 Å². The van der Waals surface area contributed by atoms with Crippen molar-refractivity contribution in [1.29, 1.82) is 5.26 Å². The monoisotopic (exact) mass is 179 g/mol. The second-order valence-corrected chi connectivity index (χ2v) is 2.65. The fraction of sp³-hybridized carbons (Fsp3) is 0.300. The molecule has 1 aromatic rings. The highest BCUT2D eigenvalue weighted by molar-refractivity contribution is 5.49. The molecule has 0 bridgehead atoms. The van der Waals surface area contributed by atoms with Gasteiger partial charge in [-0.15, -0.1) is 0 Å². The number of rotatable bonds is 2. The first-order valence-electron chi connectivity index (χ1n) is 3.91. The van der Waals surface area contributed by atoms with Gasteiger partial charge in [-0.05, 0) is 13.0 Å². The van der Waals surface area contributed by atoms with E-state index in [2.05, 4.69) is 0 Å². The van der Waals surface area contributed by atoms with Crippen LogP contribution in [0, 0.1) is 11.3 Å². The third kappa shape index (κ3) is 1.78. The zero-order valence-corrected chi connectivity index (χ0v) is 7.54. The molecule has 0 radical (unpaired) electrons. The van der Waals surface area contributed by atoms with Crippen LogP contribution in [-0.2, 0) is 0 Å². The average Bonchev–Trinajstić information content (AvgIpc) is 2.16. The van der Waals surface area contributed by atoms with Crippen molar-refractivity contribution in [3.05, 3.63) is 29.3 Å². The number of ether oxygens (including phenoxy) is 1. The molecule has 1 aromatic carbocycles. The van der Waals surface area contributed by atoms with Crippen LogP contribution in [0.15, 0.2) is 18.2 Å². The number of hydrogen-bond donors (Lipinski definition) is 0. The number of nitriles is 1. The Balaban J connectivity index is 3.29. The topological polar surface area (TPSA) is 33.0 Å². The molecule has 0 saturated carbocycles. The zero-order valence-electron chi connectivity index (χ0n) is 7.54. The highest BCUT2D eigenvalue weighted by atomic mass is 19.1. The predicted octanol–water partition coefficient (Wildman–Crippen LogP) is 2.60. The highest BCUT2D eigenvalue weighted by Gasteiger charge is 2.12. The van der Waals surface area contributed by atoms with Gasteiger partial charge in [0, 0.05) is 5.56 Å². The molecule has 0 aromatic heterocycles. The molecule has 13 heavy (non-hydrogen) atoms. The summed E-state index contributed by atoms with van der Waals surface area (Å²) in [4.78, 5) is 0. The van der Waals surface area contributed by atoms with Crippen molar-refractivity contribution < 1.29 is 9.13 Å². The van der Waals surface area contributed by atoms with E-state index in [1.54, 1.807) is 18.2 Å². The largest absolute Gasteiger partial charge is 0.495 e. The summed E-state index contributed by atoms with van der Waals surface area (Å²) in [5.41, 5.74) is 0.654. The standard InChI is InChI=1S/C10H10FNO/c1-7(11)8-4-3-5-10(13-2)9(8)6-12/h3-5,7H,1-2H3. The lowest BCUT2D eigenvalue weighted by atomic mass is 10.0. The fourth-order valence-electron chi connectivity index (χ4n) is 1.17. The SMILES string of the molecule is COc1cccc(C(C)F)c1C#N. The molecule has 0 N–H and O–H groups in total. The van der Waals surface area contributed by atoms with Crippen LogP contribution in [0.1, 0.15) is 24.2 Å². The Hall–Kier alpha value is -1.56. The summed E-state index contributed by atoms with van der Waals surface area (Å²) in [7, 11) is 1.46. The van der Waals surface area contributed by atoms with Crippen LogP contribution in [0.5, 0.6) is 5.75 Å². The predicted molar refractivity (Wildman–Crippen MR) is 47.2 cm³/mol. The molecular weight excluding hydrogens is 169 g/mol. The van der Waals surface area contributed by atoms with Crippen LogP contribution in [0.2, 0.25) is 0 Å². The maximum Gasteiger partial charge on any atom is 0.137 e. The van der Waals surface area contributed by atoms with Crippen LogP contribution < -0.4 is 4.74 Å².